The van der Waals surface area contributed by atoms with Crippen molar-refractivity contribution in [3.05, 3.63) is 81.5 Å². The number of halogens is 3. The lowest BCUT2D eigenvalue weighted by Gasteiger charge is -2.13. The predicted octanol–water partition coefficient (Wildman–Crippen LogP) is 4.08. The van der Waals surface area contributed by atoms with Crippen molar-refractivity contribution in [1.82, 2.24) is 29.6 Å². The molecule has 0 aliphatic heterocycles. The second-order valence-corrected chi connectivity index (χ2v) is 8.27. The van der Waals surface area contributed by atoms with Gasteiger partial charge in [0.2, 0.25) is 0 Å². The van der Waals surface area contributed by atoms with Gasteiger partial charge in [-0.3, -0.25) is 0 Å². The quantitative estimate of drug-likeness (QED) is 0.420. The van der Waals surface area contributed by atoms with Gasteiger partial charge in [0.15, 0.2) is 5.69 Å². The van der Waals surface area contributed by atoms with E-state index in [9.17, 15) is 18.0 Å². The molecule has 0 radical (unpaired) electrons. The van der Waals surface area contributed by atoms with Crippen LogP contribution in [0.2, 0.25) is 0 Å². The Labute approximate surface area is 185 Å². The highest BCUT2D eigenvalue weighted by Gasteiger charge is 2.33. The number of benzene rings is 2. The van der Waals surface area contributed by atoms with E-state index < -0.39 is 11.9 Å². The van der Waals surface area contributed by atoms with E-state index in [-0.39, 0.29) is 5.69 Å². The van der Waals surface area contributed by atoms with Crippen LogP contribution in [-0.2, 0) is 19.0 Å². The minimum absolute atomic E-state index is 0.333. The summed E-state index contributed by atoms with van der Waals surface area (Å²) in [5, 5.41) is 11.3. The van der Waals surface area contributed by atoms with Gasteiger partial charge in [-0.2, -0.15) is 27.6 Å². The van der Waals surface area contributed by atoms with Crippen molar-refractivity contribution in [2.75, 3.05) is 0 Å². The molecule has 0 atom stereocenters. The second kappa shape index (κ2) is 8.30. The highest BCUT2D eigenvalue weighted by Crippen LogP contribution is 2.32. The Morgan fingerprint density at radius 3 is 2.44 bits per heavy atom. The Balaban J connectivity index is 1.58. The SMILES string of the molecule is Cc1cc(-n2ccc(C(F)(F)F)n2)ccc1SCc1c(C)cccc1-n1nnn(C)c1=O. The zero-order valence-electron chi connectivity index (χ0n) is 17.5. The van der Waals surface area contributed by atoms with E-state index in [0.29, 0.717) is 17.1 Å². The summed E-state index contributed by atoms with van der Waals surface area (Å²) in [6.45, 7) is 3.86. The second-order valence-electron chi connectivity index (χ2n) is 7.25. The number of nitrogens with zero attached hydrogens (tertiary/aromatic N) is 6. The summed E-state index contributed by atoms with van der Waals surface area (Å²) in [6.07, 6.45) is -3.19. The molecule has 0 spiro atoms. The summed E-state index contributed by atoms with van der Waals surface area (Å²) in [5.41, 5.74) is 2.82. The molecule has 2 aromatic heterocycles. The molecule has 0 fully saturated rings. The molecule has 0 amide bonds. The van der Waals surface area contributed by atoms with Crippen LogP contribution < -0.4 is 5.69 Å². The number of aromatic nitrogens is 6. The molecule has 0 saturated carbocycles. The number of aryl methyl sites for hydroxylation is 3. The minimum atomic E-state index is -4.48. The lowest BCUT2D eigenvalue weighted by Crippen LogP contribution is -2.23. The zero-order valence-corrected chi connectivity index (χ0v) is 18.3. The Hall–Kier alpha value is -3.34. The summed E-state index contributed by atoms with van der Waals surface area (Å²) in [7, 11) is 1.54. The van der Waals surface area contributed by atoms with E-state index >= 15 is 0 Å². The summed E-state index contributed by atoms with van der Waals surface area (Å²) in [4.78, 5) is 13.3. The molecule has 4 rings (SSSR count). The van der Waals surface area contributed by atoms with Crippen molar-refractivity contribution < 1.29 is 13.2 Å². The van der Waals surface area contributed by atoms with Crippen LogP contribution in [0.4, 0.5) is 13.2 Å². The average Bonchev–Trinajstić information content (AvgIpc) is 3.36. The molecule has 11 heteroatoms. The van der Waals surface area contributed by atoms with Gasteiger partial charge in [-0.15, -0.1) is 11.8 Å². The van der Waals surface area contributed by atoms with Crippen LogP contribution >= 0.6 is 11.8 Å². The van der Waals surface area contributed by atoms with E-state index in [4.69, 9.17) is 0 Å². The molecule has 2 aromatic carbocycles. The van der Waals surface area contributed by atoms with E-state index in [1.54, 1.807) is 23.9 Å². The van der Waals surface area contributed by atoms with Crippen LogP contribution in [0.3, 0.4) is 0 Å². The maximum atomic E-state index is 12.8. The first-order chi connectivity index (χ1) is 15.1. The number of tetrazole rings is 1. The molecule has 0 saturated heterocycles. The van der Waals surface area contributed by atoms with Crippen molar-refractivity contribution in [1.29, 1.82) is 0 Å². The molecular weight excluding hydrogens is 441 g/mol. The fourth-order valence-electron chi connectivity index (χ4n) is 3.24. The molecule has 0 unspecified atom stereocenters. The molecule has 4 aromatic rings. The van der Waals surface area contributed by atoms with Crippen molar-refractivity contribution in [3.63, 3.8) is 0 Å². The Kier molecular flexibility index (Phi) is 5.68. The number of hydrogen-bond donors (Lipinski definition) is 0. The number of hydrogen-bond acceptors (Lipinski definition) is 5. The molecule has 0 aliphatic rings. The van der Waals surface area contributed by atoms with Crippen LogP contribution in [0.5, 0.6) is 0 Å². The molecule has 0 N–H and O–H groups in total. The fraction of sp³-hybridized carbons (Fsp3) is 0.238. The summed E-state index contributed by atoms with van der Waals surface area (Å²) in [6, 6.07) is 12.0. The van der Waals surface area contributed by atoms with Gasteiger partial charge >= 0.3 is 11.9 Å². The average molecular weight is 460 g/mol. The van der Waals surface area contributed by atoms with Crippen molar-refractivity contribution in [2.45, 2.75) is 30.7 Å². The van der Waals surface area contributed by atoms with Crippen LogP contribution in [0.1, 0.15) is 22.4 Å². The maximum Gasteiger partial charge on any atom is 0.435 e. The first-order valence-corrected chi connectivity index (χ1v) is 10.6. The number of thioether (sulfide) groups is 1. The van der Waals surface area contributed by atoms with Gasteiger partial charge in [-0.1, -0.05) is 12.1 Å². The van der Waals surface area contributed by atoms with Gasteiger partial charge in [0, 0.05) is 23.9 Å². The van der Waals surface area contributed by atoms with E-state index in [2.05, 4.69) is 15.5 Å². The largest absolute Gasteiger partial charge is 0.435 e. The topological polar surface area (TPSA) is 70.5 Å². The Morgan fingerprint density at radius 1 is 1.03 bits per heavy atom. The monoisotopic (exact) mass is 460 g/mol. The van der Waals surface area contributed by atoms with E-state index in [0.717, 1.165) is 27.7 Å². The van der Waals surface area contributed by atoms with Crippen molar-refractivity contribution >= 4 is 11.8 Å². The highest BCUT2D eigenvalue weighted by atomic mass is 32.2. The van der Waals surface area contributed by atoms with Gasteiger partial charge in [0.1, 0.15) is 0 Å². The van der Waals surface area contributed by atoms with Gasteiger partial charge in [-0.25, -0.2) is 9.48 Å². The summed E-state index contributed by atoms with van der Waals surface area (Å²) in [5.74, 6) is 0.575. The summed E-state index contributed by atoms with van der Waals surface area (Å²) < 4.78 is 42.1. The molecular formula is C21H19F3N6OS. The summed E-state index contributed by atoms with van der Waals surface area (Å²) >= 11 is 1.57. The van der Waals surface area contributed by atoms with Crippen LogP contribution in [-0.4, -0.2) is 29.6 Å². The van der Waals surface area contributed by atoms with Crippen LogP contribution in [0.25, 0.3) is 11.4 Å². The lowest BCUT2D eigenvalue weighted by molar-refractivity contribution is -0.141. The Morgan fingerprint density at radius 2 is 1.81 bits per heavy atom. The van der Waals surface area contributed by atoms with Gasteiger partial charge < -0.3 is 0 Å². The van der Waals surface area contributed by atoms with Gasteiger partial charge in [0.25, 0.3) is 0 Å². The van der Waals surface area contributed by atoms with Crippen LogP contribution in [0, 0.1) is 13.8 Å². The third kappa shape index (κ3) is 4.20. The van der Waals surface area contributed by atoms with Crippen molar-refractivity contribution in [3.8, 4) is 11.4 Å². The van der Waals surface area contributed by atoms with Gasteiger partial charge in [-0.05, 0) is 71.3 Å². The first-order valence-electron chi connectivity index (χ1n) is 9.59. The smallest absolute Gasteiger partial charge is 0.244 e. The molecule has 7 nitrogen and oxygen atoms in total. The fourth-order valence-corrected chi connectivity index (χ4v) is 4.37. The molecule has 0 bridgehead atoms. The third-order valence-corrected chi connectivity index (χ3v) is 6.21. The van der Waals surface area contributed by atoms with Crippen LogP contribution in [0.15, 0.2) is 58.4 Å². The number of alkyl halides is 3. The molecule has 0 aliphatic carbocycles. The lowest BCUT2D eigenvalue weighted by atomic mass is 10.1. The number of rotatable bonds is 5. The highest BCUT2D eigenvalue weighted by molar-refractivity contribution is 7.98. The third-order valence-electron chi connectivity index (χ3n) is 5.01. The maximum absolute atomic E-state index is 12.8. The standard InChI is InChI=1S/C21H19F3N6OS/c1-13-5-4-6-17(30-20(31)28(3)26-27-30)16(13)12-32-18-8-7-15(11-14(18)2)29-10-9-19(25-29)21(22,23)24/h4-11H,12H2,1-3H3. The van der Waals surface area contributed by atoms with E-state index in [1.807, 2.05) is 38.1 Å². The van der Waals surface area contributed by atoms with Gasteiger partial charge in [0.05, 0.1) is 11.4 Å². The predicted molar refractivity (Wildman–Crippen MR) is 114 cm³/mol. The zero-order chi connectivity index (χ0) is 23.0. The molecule has 2 heterocycles. The first kappa shape index (κ1) is 21.9. The van der Waals surface area contributed by atoms with E-state index in [1.165, 1.54) is 27.3 Å². The Bertz CT molecular complexity index is 1340. The molecule has 166 valence electrons. The van der Waals surface area contributed by atoms with Crippen molar-refractivity contribution in [2.24, 2.45) is 7.05 Å². The normalized spacial score (nSPS) is 11.8. The molecule has 32 heavy (non-hydrogen) atoms. The minimum Gasteiger partial charge on any atom is -0.244 e.